The highest BCUT2D eigenvalue weighted by Crippen LogP contribution is 2.20. The highest BCUT2D eigenvalue weighted by atomic mass is 16.5. The quantitative estimate of drug-likeness (QED) is 0.347. The van der Waals surface area contributed by atoms with Crippen LogP contribution < -0.4 is 10.1 Å². The number of amides is 3. The zero-order chi connectivity index (χ0) is 22.5. The molecule has 0 bridgehead atoms. The van der Waals surface area contributed by atoms with E-state index in [4.69, 9.17) is 9.15 Å². The Morgan fingerprint density at radius 1 is 1.03 bits per heavy atom. The van der Waals surface area contributed by atoms with E-state index in [0.29, 0.717) is 12.4 Å². The molecule has 1 fully saturated rings. The van der Waals surface area contributed by atoms with Crippen molar-refractivity contribution in [2.75, 3.05) is 7.11 Å². The minimum absolute atomic E-state index is 0.0000994. The average molecular weight is 432 g/mol. The van der Waals surface area contributed by atoms with Gasteiger partial charge in [0.25, 0.3) is 5.91 Å². The molecule has 2 heterocycles. The zero-order valence-corrected chi connectivity index (χ0v) is 17.2. The standard InChI is InChI=1S/C24H20N2O6/c1-30-23(28)21-12-11-19(32-21)14-26-22(27)20(25-24(26)29)13-16-7-9-18(10-8-16)31-15-17-5-3-2-4-6-17/h2-13H,14-15H2,1H3,(H,25,29)/b20-13-. The van der Waals surface area contributed by atoms with Crippen molar-refractivity contribution in [1.82, 2.24) is 10.2 Å². The second-order valence-corrected chi connectivity index (χ2v) is 6.98. The van der Waals surface area contributed by atoms with Crippen LogP contribution in [0, 0.1) is 0 Å². The molecule has 1 N–H and O–H groups in total. The van der Waals surface area contributed by atoms with Crippen LogP contribution in [0.25, 0.3) is 6.08 Å². The molecule has 0 unspecified atom stereocenters. The summed E-state index contributed by atoms with van der Waals surface area (Å²) < 4.78 is 15.7. The van der Waals surface area contributed by atoms with Crippen molar-refractivity contribution in [2.24, 2.45) is 0 Å². The van der Waals surface area contributed by atoms with Gasteiger partial charge in [-0.05, 0) is 41.5 Å². The second kappa shape index (κ2) is 9.22. The lowest BCUT2D eigenvalue weighted by atomic mass is 10.2. The fourth-order valence-corrected chi connectivity index (χ4v) is 3.11. The molecule has 1 aromatic heterocycles. The summed E-state index contributed by atoms with van der Waals surface area (Å²) in [5.74, 6) is -0.144. The fourth-order valence-electron chi connectivity index (χ4n) is 3.11. The number of methoxy groups -OCH3 is 1. The Morgan fingerprint density at radius 2 is 1.78 bits per heavy atom. The van der Waals surface area contributed by atoms with Gasteiger partial charge < -0.3 is 19.2 Å². The lowest BCUT2D eigenvalue weighted by Crippen LogP contribution is -2.30. The van der Waals surface area contributed by atoms with Crippen LogP contribution in [0.1, 0.15) is 27.4 Å². The van der Waals surface area contributed by atoms with Crippen molar-refractivity contribution >= 4 is 24.0 Å². The summed E-state index contributed by atoms with van der Waals surface area (Å²) in [7, 11) is 1.24. The van der Waals surface area contributed by atoms with Gasteiger partial charge in [-0.1, -0.05) is 42.5 Å². The highest BCUT2D eigenvalue weighted by molar-refractivity contribution is 6.13. The summed E-state index contributed by atoms with van der Waals surface area (Å²) in [5.41, 5.74) is 1.94. The molecule has 0 aliphatic carbocycles. The molecule has 1 aliphatic heterocycles. The first-order chi connectivity index (χ1) is 15.5. The van der Waals surface area contributed by atoms with E-state index in [1.54, 1.807) is 30.3 Å². The van der Waals surface area contributed by atoms with Crippen molar-refractivity contribution in [3.63, 3.8) is 0 Å². The minimum Gasteiger partial charge on any atom is -0.489 e. The molecule has 32 heavy (non-hydrogen) atoms. The molecule has 1 saturated heterocycles. The van der Waals surface area contributed by atoms with E-state index in [9.17, 15) is 14.4 Å². The van der Waals surface area contributed by atoms with E-state index in [1.165, 1.54) is 19.2 Å². The van der Waals surface area contributed by atoms with E-state index >= 15 is 0 Å². The predicted molar refractivity (Wildman–Crippen MR) is 114 cm³/mol. The number of urea groups is 1. The van der Waals surface area contributed by atoms with Crippen LogP contribution in [0.2, 0.25) is 0 Å². The smallest absolute Gasteiger partial charge is 0.373 e. The zero-order valence-electron chi connectivity index (χ0n) is 17.2. The number of imide groups is 1. The van der Waals surface area contributed by atoms with Gasteiger partial charge in [-0.2, -0.15) is 0 Å². The predicted octanol–water partition coefficient (Wildman–Crippen LogP) is 3.74. The third-order valence-electron chi connectivity index (χ3n) is 4.76. The number of ether oxygens (including phenoxy) is 2. The topological polar surface area (TPSA) is 98.1 Å². The summed E-state index contributed by atoms with van der Waals surface area (Å²) >= 11 is 0. The van der Waals surface area contributed by atoms with Crippen LogP contribution in [0.4, 0.5) is 4.79 Å². The van der Waals surface area contributed by atoms with Crippen molar-refractivity contribution in [3.05, 3.63) is 95.1 Å². The van der Waals surface area contributed by atoms with E-state index in [0.717, 1.165) is 16.0 Å². The Morgan fingerprint density at radius 3 is 2.50 bits per heavy atom. The second-order valence-electron chi connectivity index (χ2n) is 6.98. The molecule has 1 aliphatic rings. The first-order valence-electron chi connectivity index (χ1n) is 9.82. The summed E-state index contributed by atoms with van der Waals surface area (Å²) in [4.78, 5) is 37.4. The molecule has 4 rings (SSSR count). The number of nitrogens with zero attached hydrogens (tertiary/aromatic N) is 1. The Bertz CT molecular complexity index is 1160. The van der Waals surface area contributed by atoms with Crippen molar-refractivity contribution in [2.45, 2.75) is 13.2 Å². The molecule has 3 aromatic rings. The molecular weight excluding hydrogens is 412 g/mol. The number of rotatable bonds is 7. The Balaban J connectivity index is 1.39. The van der Waals surface area contributed by atoms with E-state index in [-0.39, 0.29) is 23.8 Å². The fraction of sp³-hybridized carbons (Fsp3) is 0.125. The van der Waals surface area contributed by atoms with E-state index in [2.05, 4.69) is 10.1 Å². The van der Waals surface area contributed by atoms with Crippen LogP contribution in [0.3, 0.4) is 0 Å². The number of benzene rings is 2. The maximum atomic E-state index is 12.7. The SMILES string of the molecule is COC(=O)c1ccc(CN2C(=O)N/C(=C\c3ccc(OCc4ccccc4)cc3)C2=O)o1. The first-order valence-corrected chi connectivity index (χ1v) is 9.82. The van der Waals surface area contributed by atoms with Crippen molar-refractivity contribution < 1.29 is 28.3 Å². The van der Waals surface area contributed by atoms with Crippen molar-refractivity contribution in [3.8, 4) is 5.75 Å². The number of hydrogen-bond acceptors (Lipinski definition) is 6. The largest absolute Gasteiger partial charge is 0.489 e. The summed E-state index contributed by atoms with van der Waals surface area (Å²) in [6.45, 7) is 0.348. The Labute approximate surface area is 184 Å². The number of carbonyl (C=O) groups excluding carboxylic acids is 3. The van der Waals surface area contributed by atoms with Crippen LogP contribution in [-0.2, 0) is 22.7 Å². The molecule has 0 atom stereocenters. The Kier molecular flexibility index (Phi) is 6.03. The van der Waals surface area contributed by atoms with Crippen molar-refractivity contribution in [1.29, 1.82) is 0 Å². The number of furan rings is 1. The van der Waals surface area contributed by atoms with Gasteiger partial charge in [0.1, 0.15) is 23.8 Å². The Hall–Kier alpha value is -4.33. The average Bonchev–Trinajstić information content (AvgIpc) is 3.39. The number of carbonyl (C=O) groups is 3. The van der Waals surface area contributed by atoms with Gasteiger partial charge in [-0.25, -0.2) is 9.59 Å². The summed E-state index contributed by atoms with van der Waals surface area (Å²) in [6.07, 6.45) is 1.59. The van der Waals surface area contributed by atoms with E-state index < -0.39 is 17.9 Å². The van der Waals surface area contributed by atoms with Crippen LogP contribution in [0.15, 0.2) is 76.8 Å². The van der Waals surface area contributed by atoms with Crippen LogP contribution in [-0.4, -0.2) is 29.9 Å². The van der Waals surface area contributed by atoms with Gasteiger partial charge in [0.15, 0.2) is 0 Å². The van der Waals surface area contributed by atoms with E-state index in [1.807, 2.05) is 30.3 Å². The maximum Gasteiger partial charge on any atom is 0.373 e. The number of esters is 1. The maximum absolute atomic E-state index is 12.7. The van der Waals surface area contributed by atoms with Gasteiger partial charge in [0.05, 0.1) is 13.7 Å². The molecule has 162 valence electrons. The monoisotopic (exact) mass is 432 g/mol. The lowest BCUT2D eigenvalue weighted by Gasteiger charge is -2.09. The van der Waals surface area contributed by atoms with Crippen LogP contribution in [0.5, 0.6) is 5.75 Å². The summed E-state index contributed by atoms with van der Waals surface area (Å²) in [5, 5.41) is 2.56. The number of nitrogens with one attached hydrogen (secondary N) is 1. The molecule has 2 aromatic carbocycles. The third-order valence-corrected chi connectivity index (χ3v) is 4.76. The molecule has 0 saturated carbocycles. The molecule has 0 spiro atoms. The van der Waals surface area contributed by atoms with Gasteiger partial charge in [-0.15, -0.1) is 0 Å². The first kappa shape index (κ1) is 20.9. The van der Waals surface area contributed by atoms with Gasteiger partial charge in [-0.3, -0.25) is 9.69 Å². The highest BCUT2D eigenvalue weighted by Gasteiger charge is 2.34. The molecular formula is C24H20N2O6. The lowest BCUT2D eigenvalue weighted by molar-refractivity contribution is -0.123. The van der Waals surface area contributed by atoms with Crippen LogP contribution >= 0.6 is 0 Å². The van der Waals surface area contributed by atoms with Gasteiger partial charge >= 0.3 is 12.0 Å². The minimum atomic E-state index is -0.634. The summed E-state index contributed by atoms with van der Waals surface area (Å²) in [6, 6.07) is 19.4. The molecule has 8 nitrogen and oxygen atoms in total. The van der Waals surface area contributed by atoms with Gasteiger partial charge in [0, 0.05) is 0 Å². The molecule has 0 radical (unpaired) electrons. The molecule has 8 heteroatoms. The number of hydrogen-bond donors (Lipinski definition) is 1. The third kappa shape index (κ3) is 4.70. The van der Waals surface area contributed by atoms with Gasteiger partial charge in [0.2, 0.25) is 5.76 Å². The normalized spacial score (nSPS) is 14.5. The molecule has 3 amide bonds.